The van der Waals surface area contributed by atoms with E-state index in [2.05, 4.69) is 15.0 Å². The van der Waals surface area contributed by atoms with E-state index in [1.165, 1.54) is 13.0 Å². The van der Waals surface area contributed by atoms with Crippen LogP contribution in [0.3, 0.4) is 0 Å². The lowest BCUT2D eigenvalue weighted by atomic mass is 9.96. The van der Waals surface area contributed by atoms with E-state index in [-0.39, 0.29) is 17.9 Å². The molecule has 1 heterocycles. The number of ether oxygens (including phenoxy) is 1. The first kappa shape index (κ1) is 18.7. The summed E-state index contributed by atoms with van der Waals surface area (Å²) in [4.78, 5) is 27.0. The van der Waals surface area contributed by atoms with Crippen molar-refractivity contribution >= 4 is 11.9 Å². The Labute approximate surface area is 130 Å². The molecular formula is C14H17F3N2O4. The van der Waals surface area contributed by atoms with Crippen molar-refractivity contribution in [2.75, 3.05) is 6.61 Å². The van der Waals surface area contributed by atoms with E-state index in [0.29, 0.717) is 6.42 Å². The summed E-state index contributed by atoms with van der Waals surface area (Å²) < 4.78 is 40.8. The van der Waals surface area contributed by atoms with Crippen molar-refractivity contribution in [2.45, 2.75) is 38.4 Å². The van der Waals surface area contributed by atoms with Crippen LogP contribution in [0.4, 0.5) is 13.2 Å². The minimum absolute atomic E-state index is 0.0410. The monoisotopic (exact) mass is 334 g/mol. The third-order valence-electron chi connectivity index (χ3n) is 2.99. The molecule has 128 valence electrons. The fraction of sp³-hybridized carbons (Fsp3) is 0.500. The lowest BCUT2D eigenvalue weighted by Crippen LogP contribution is -2.52. The zero-order valence-electron chi connectivity index (χ0n) is 12.6. The number of hydrogen-bond acceptors (Lipinski definition) is 4. The summed E-state index contributed by atoms with van der Waals surface area (Å²) in [7, 11) is 0. The molecule has 0 bridgehead atoms. The Balaban J connectivity index is 2.86. The van der Waals surface area contributed by atoms with Crippen LogP contribution in [0.15, 0.2) is 18.3 Å². The van der Waals surface area contributed by atoms with Crippen LogP contribution >= 0.6 is 0 Å². The molecule has 0 aliphatic rings. The van der Waals surface area contributed by atoms with E-state index in [4.69, 9.17) is 0 Å². The topological polar surface area (TPSA) is 88.5 Å². The van der Waals surface area contributed by atoms with Gasteiger partial charge in [0.1, 0.15) is 5.54 Å². The predicted octanol–water partition coefficient (Wildman–Crippen LogP) is 2.40. The maximum absolute atomic E-state index is 12.1. The molecule has 0 aliphatic carbocycles. The van der Waals surface area contributed by atoms with Gasteiger partial charge in [-0.05, 0) is 19.4 Å². The van der Waals surface area contributed by atoms with Crippen molar-refractivity contribution in [3.63, 3.8) is 0 Å². The third-order valence-corrected chi connectivity index (χ3v) is 2.99. The van der Waals surface area contributed by atoms with Gasteiger partial charge in [-0.3, -0.25) is 4.79 Å². The van der Waals surface area contributed by atoms with Crippen molar-refractivity contribution < 1.29 is 32.6 Å². The van der Waals surface area contributed by atoms with Crippen LogP contribution in [0.2, 0.25) is 0 Å². The summed E-state index contributed by atoms with van der Waals surface area (Å²) in [6.07, 6.45) is -2.68. The lowest BCUT2D eigenvalue weighted by Gasteiger charge is -2.25. The molecule has 23 heavy (non-hydrogen) atoms. The molecule has 1 aromatic heterocycles. The zero-order valence-corrected chi connectivity index (χ0v) is 12.6. The first-order valence-corrected chi connectivity index (χ1v) is 6.79. The van der Waals surface area contributed by atoms with Crippen molar-refractivity contribution in [3.05, 3.63) is 23.9 Å². The molecule has 2 N–H and O–H groups in total. The average Bonchev–Trinajstić information content (AvgIpc) is 2.44. The number of halogens is 3. The van der Waals surface area contributed by atoms with Gasteiger partial charge in [0.05, 0.1) is 0 Å². The third kappa shape index (κ3) is 5.76. The molecular weight excluding hydrogens is 317 g/mol. The number of pyridine rings is 1. The van der Waals surface area contributed by atoms with Crippen molar-refractivity contribution in [1.82, 2.24) is 10.3 Å². The number of aromatic nitrogens is 1. The standard InChI is InChI=1S/C14H17F3N2O4/c1-3-5-13(2,12(21)22)19-11(20)9-4-6-18-10(7-9)23-8-14(15,16)17/h4,6-7H,3,5,8H2,1-2H3,(H,19,20)(H,21,22). The second-order valence-corrected chi connectivity index (χ2v) is 5.13. The number of rotatable bonds is 7. The SMILES string of the molecule is CCCC(C)(NC(=O)c1ccnc(OCC(F)(F)F)c1)C(=O)O. The van der Waals surface area contributed by atoms with Crippen LogP contribution in [0, 0.1) is 0 Å². The van der Waals surface area contributed by atoms with Gasteiger partial charge in [-0.1, -0.05) is 13.3 Å². The van der Waals surface area contributed by atoms with Gasteiger partial charge in [0.2, 0.25) is 5.88 Å². The quantitative estimate of drug-likeness (QED) is 0.799. The molecule has 0 fully saturated rings. The Morgan fingerprint density at radius 2 is 2.04 bits per heavy atom. The van der Waals surface area contributed by atoms with Crippen molar-refractivity contribution in [1.29, 1.82) is 0 Å². The number of carboxylic acids is 1. The highest BCUT2D eigenvalue weighted by atomic mass is 19.4. The molecule has 0 spiro atoms. The number of carbonyl (C=O) groups is 2. The molecule has 6 nitrogen and oxygen atoms in total. The fourth-order valence-electron chi connectivity index (χ4n) is 1.83. The van der Waals surface area contributed by atoms with E-state index in [9.17, 15) is 27.9 Å². The van der Waals surface area contributed by atoms with E-state index in [1.807, 2.05) is 0 Å². The van der Waals surface area contributed by atoms with Gasteiger partial charge < -0.3 is 15.2 Å². The molecule has 1 amide bonds. The van der Waals surface area contributed by atoms with Gasteiger partial charge >= 0.3 is 12.1 Å². The number of amides is 1. The van der Waals surface area contributed by atoms with Gasteiger partial charge in [-0.15, -0.1) is 0 Å². The van der Waals surface area contributed by atoms with Crippen molar-refractivity contribution in [3.8, 4) is 5.88 Å². The first-order chi connectivity index (χ1) is 10.6. The maximum atomic E-state index is 12.1. The number of nitrogens with one attached hydrogen (secondary N) is 1. The van der Waals surface area contributed by atoms with Crippen LogP contribution in [-0.2, 0) is 4.79 Å². The molecule has 0 saturated carbocycles. The van der Waals surface area contributed by atoms with Crippen LogP contribution in [-0.4, -0.2) is 40.3 Å². The molecule has 1 unspecified atom stereocenters. The Bertz CT molecular complexity index is 577. The van der Waals surface area contributed by atoms with E-state index < -0.39 is 30.2 Å². The Kier molecular flexibility index (Phi) is 5.94. The van der Waals surface area contributed by atoms with Gasteiger partial charge in [0, 0.05) is 17.8 Å². The molecule has 1 atom stereocenters. The number of carboxylic acid groups (broad SMARTS) is 1. The maximum Gasteiger partial charge on any atom is 0.422 e. The van der Waals surface area contributed by atoms with Gasteiger partial charge in [0.15, 0.2) is 6.61 Å². The fourth-order valence-corrected chi connectivity index (χ4v) is 1.83. The average molecular weight is 334 g/mol. The van der Waals surface area contributed by atoms with Crippen LogP contribution in [0.25, 0.3) is 0 Å². The molecule has 0 radical (unpaired) electrons. The largest absolute Gasteiger partial charge is 0.480 e. The molecule has 0 aromatic carbocycles. The highest BCUT2D eigenvalue weighted by molar-refractivity contribution is 5.97. The Morgan fingerprint density at radius 3 is 2.57 bits per heavy atom. The lowest BCUT2D eigenvalue weighted by molar-refractivity contribution is -0.154. The smallest absolute Gasteiger partial charge is 0.422 e. The highest BCUT2D eigenvalue weighted by Gasteiger charge is 2.34. The zero-order chi connectivity index (χ0) is 17.7. The number of carbonyl (C=O) groups excluding carboxylic acids is 1. The second-order valence-electron chi connectivity index (χ2n) is 5.13. The summed E-state index contributed by atoms with van der Waals surface area (Å²) in [5.41, 5.74) is -1.51. The number of hydrogen-bond donors (Lipinski definition) is 2. The number of nitrogens with zero attached hydrogens (tertiary/aromatic N) is 1. The number of aliphatic carboxylic acids is 1. The molecule has 0 saturated heterocycles. The Morgan fingerprint density at radius 1 is 1.39 bits per heavy atom. The second kappa shape index (κ2) is 7.30. The van der Waals surface area contributed by atoms with E-state index in [1.54, 1.807) is 6.92 Å². The summed E-state index contributed by atoms with van der Waals surface area (Å²) in [5.74, 6) is -2.31. The number of alkyl halides is 3. The van der Waals surface area contributed by atoms with Gasteiger partial charge in [-0.2, -0.15) is 13.2 Å². The summed E-state index contributed by atoms with van der Waals surface area (Å²) in [5, 5.41) is 11.6. The highest BCUT2D eigenvalue weighted by Crippen LogP contribution is 2.18. The molecule has 9 heteroatoms. The molecule has 1 rings (SSSR count). The first-order valence-electron chi connectivity index (χ1n) is 6.79. The normalized spacial score (nSPS) is 14.0. The summed E-state index contributed by atoms with van der Waals surface area (Å²) in [6.45, 7) is 1.59. The minimum Gasteiger partial charge on any atom is -0.480 e. The van der Waals surface area contributed by atoms with Gasteiger partial charge in [-0.25, -0.2) is 9.78 Å². The molecule has 1 aromatic rings. The van der Waals surface area contributed by atoms with Gasteiger partial charge in [0.25, 0.3) is 5.91 Å². The van der Waals surface area contributed by atoms with Crippen LogP contribution in [0.5, 0.6) is 5.88 Å². The summed E-state index contributed by atoms with van der Waals surface area (Å²) in [6, 6.07) is 2.28. The van der Waals surface area contributed by atoms with Crippen LogP contribution in [0.1, 0.15) is 37.0 Å². The summed E-state index contributed by atoms with van der Waals surface area (Å²) >= 11 is 0. The minimum atomic E-state index is -4.52. The predicted molar refractivity (Wildman–Crippen MR) is 74.2 cm³/mol. The van der Waals surface area contributed by atoms with Crippen molar-refractivity contribution in [2.24, 2.45) is 0 Å². The van der Waals surface area contributed by atoms with E-state index >= 15 is 0 Å². The Hall–Kier alpha value is -2.32. The van der Waals surface area contributed by atoms with Crippen LogP contribution < -0.4 is 10.1 Å². The molecule has 0 aliphatic heterocycles. The van der Waals surface area contributed by atoms with E-state index in [0.717, 1.165) is 12.3 Å².